The minimum Gasteiger partial charge on any atom is -0.392 e. The van der Waals surface area contributed by atoms with E-state index in [1.165, 1.54) is 17.5 Å². The maximum atomic E-state index is 12.4. The lowest BCUT2D eigenvalue weighted by Gasteiger charge is -2.33. The number of rotatable bonds is 3. The lowest BCUT2D eigenvalue weighted by Crippen LogP contribution is -2.44. The molecular formula is C17H23NO2. The van der Waals surface area contributed by atoms with Crippen molar-refractivity contribution in [3.8, 4) is 0 Å². The third-order valence-electron chi connectivity index (χ3n) is 4.79. The van der Waals surface area contributed by atoms with Crippen LogP contribution in [-0.4, -0.2) is 41.5 Å². The molecule has 1 fully saturated rings. The van der Waals surface area contributed by atoms with E-state index in [1.54, 1.807) is 0 Å². The number of hydrogen-bond donors (Lipinski definition) is 1. The molecule has 20 heavy (non-hydrogen) atoms. The topological polar surface area (TPSA) is 40.5 Å². The summed E-state index contributed by atoms with van der Waals surface area (Å²) in [6, 6.07) is 6.16. The number of likely N-dealkylation sites (tertiary alicyclic amines) is 1. The van der Waals surface area contributed by atoms with Gasteiger partial charge in [0.1, 0.15) is 0 Å². The molecule has 2 unspecified atom stereocenters. The number of piperidine rings is 1. The standard InChI is InChI=1S/C17H23NO2/c1-12-7-8-18(10-16(12)19)11-17(20)15-6-5-13-3-2-4-14(13)9-15/h5-6,9,12,16,19H,2-4,7-8,10-11H2,1H3. The zero-order valence-electron chi connectivity index (χ0n) is 12.1. The number of nitrogens with zero attached hydrogens (tertiary/aromatic N) is 1. The van der Waals surface area contributed by atoms with E-state index in [9.17, 15) is 9.90 Å². The Hall–Kier alpha value is -1.19. The van der Waals surface area contributed by atoms with Crippen LogP contribution in [0.2, 0.25) is 0 Å². The molecule has 1 N–H and O–H groups in total. The SMILES string of the molecule is CC1CCN(CC(=O)c2ccc3c(c2)CCC3)CC1O. The molecule has 108 valence electrons. The van der Waals surface area contributed by atoms with Crippen LogP contribution in [0.3, 0.4) is 0 Å². The Morgan fingerprint density at radius 1 is 1.35 bits per heavy atom. The second-order valence-electron chi connectivity index (χ2n) is 6.33. The second kappa shape index (κ2) is 5.66. The number of fused-ring (bicyclic) bond motifs is 1. The van der Waals surface area contributed by atoms with Crippen molar-refractivity contribution in [2.45, 2.75) is 38.7 Å². The van der Waals surface area contributed by atoms with Gasteiger partial charge in [0.15, 0.2) is 5.78 Å². The lowest BCUT2D eigenvalue weighted by atomic mass is 9.95. The van der Waals surface area contributed by atoms with Crippen LogP contribution in [0, 0.1) is 5.92 Å². The molecule has 2 aliphatic rings. The first kappa shape index (κ1) is 13.8. The van der Waals surface area contributed by atoms with Crippen LogP contribution in [0.15, 0.2) is 18.2 Å². The zero-order valence-corrected chi connectivity index (χ0v) is 12.1. The lowest BCUT2D eigenvalue weighted by molar-refractivity contribution is 0.0295. The van der Waals surface area contributed by atoms with Crippen molar-refractivity contribution in [1.82, 2.24) is 4.90 Å². The van der Waals surface area contributed by atoms with E-state index in [1.807, 2.05) is 6.07 Å². The van der Waals surface area contributed by atoms with Crippen molar-refractivity contribution in [3.05, 3.63) is 34.9 Å². The summed E-state index contributed by atoms with van der Waals surface area (Å²) >= 11 is 0. The smallest absolute Gasteiger partial charge is 0.176 e. The number of Topliss-reactive ketones (excluding diaryl/α,β-unsaturated/α-hetero) is 1. The van der Waals surface area contributed by atoms with E-state index in [0.29, 0.717) is 19.0 Å². The van der Waals surface area contributed by atoms with Crippen LogP contribution in [0.1, 0.15) is 41.3 Å². The molecule has 0 spiro atoms. The normalized spacial score (nSPS) is 26.5. The highest BCUT2D eigenvalue weighted by atomic mass is 16.3. The van der Waals surface area contributed by atoms with Gasteiger partial charge in [-0.2, -0.15) is 0 Å². The van der Waals surface area contributed by atoms with Gasteiger partial charge in [0, 0.05) is 12.1 Å². The van der Waals surface area contributed by atoms with E-state index >= 15 is 0 Å². The number of hydrogen-bond acceptors (Lipinski definition) is 3. The molecule has 1 aliphatic carbocycles. The Kier molecular flexibility index (Phi) is 3.90. The molecule has 0 saturated carbocycles. The van der Waals surface area contributed by atoms with Crippen LogP contribution in [0.4, 0.5) is 0 Å². The quantitative estimate of drug-likeness (QED) is 0.857. The Morgan fingerprint density at radius 3 is 2.95 bits per heavy atom. The fraction of sp³-hybridized carbons (Fsp3) is 0.588. The van der Waals surface area contributed by atoms with E-state index < -0.39 is 0 Å². The van der Waals surface area contributed by atoms with Gasteiger partial charge in [0.05, 0.1) is 12.6 Å². The number of aryl methyl sites for hydroxylation is 2. The fourth-order valence-electron chi connectivity index (χ4n) is 3.30. The molecule has 0 bridgehead atoms. The van der Waals surface area contributed by atoms with E-state index in [0.717, 1.165) is 31.4 Å². The zero-order chi connectivity index (χ0) is 14.1. The molecule has 0 aromatic heterocycles. The predicted molar refractivity (Wildman–Crippen MR) is 79.0 cm³/mol. The van der Waals surface area contributed by atoms with Crippen LogP contribution < -0.4 is 0 Å². The van der Waals surface area contributed by atoms with Gasteiger partial charge in [0.25, 0.3) is 0 Å². The summed E-state index contributed by atoms with van der Waals surface area (Å²) in [4.78, 5) is 14.5. The van der Waals surface area contributed by atoms with Gasteiger partial charge in [-0.25, -0.2) is 0 Å². The van der Waals surface area contributed by atoms with Crippen molar-refractivity contribution in [1.29, 1.82) is 0 Å². The first-order valence-corrected chi connectivity index (χ1v) is 7.69. The molecule has 1 heterocycles. The molecule has 1 aliphatic heterocycles. The third-order valence-corrected chi connectivity index (χ3v) is 4.79. The van der Waals surface area contributed by atoms with Crippen molar-refractivity contribution < 1.29 is 9.90 Å². The molecule has 0 radical (unpaired) electrons. The number of aliphatic hydroxyl groups is 1. The van der Waals surface area contributed by atoms with Gasteiger partial charge < -0.3 is 5.11 Å². The number of benzene rings is 1. The maximum Gasteiger partial charge on any atom is 0.176 e. The number of carbonyl (C=O) groups excluding carboxylic acids is 1. The molecule has 1 aromatic carbocycles. The molecular weight excluding hydrogens is 250 g/mol. The van der Waals surface area contributed by atoms with Gasteiger partial charge in [-0.3, -0.25) is 9.69 Å². The monoisotopic (exact) mass is 273 g/mol. The van der Waals surface area contributed by atoms with E-state index in [4.69, 9.17) is 0 Å². The van der Waals surface area contributed by atoms with Crippen LogP contribution in [0.5, 0.6) is 0 Å². The van der Waals surface area contributed by atoms with Crippen LogP contribution in [0.25, 0.3) is 0 Å². The van der Waals surface area contributed by atoms with E-state index in [2.05, 4.69) is 24.0 Å². The summed E-state index contributed by atoms with van der Waals surface area (Å²) in [5.74, 6) is 0.530. The number of aliphatic hydroxyl groups excluding tert-OH is 1. The number of ketones is 1. The van der Waals surface area contributed by atoms with Crippen molar-refractivity contribution >= 4 is 5.78 Å². The Labute approximate surface area is 120 Å². The summed E-state index contributed by atoms with van der Waals surface area (Å²) in [5.41, 5.74) is 3.59. The van der Waals surface area contributed by atoms with Crippen molar-refractivity contribution in [2.75, 3.05) is 19.6 Å². The highest BCUT2D eigenvalue weighted by molar-refractivity contribution is 5.97. The van der Waals surface area contributed by atoms with Gasteiger partial charge in [0.2, 0.25) is 0 Å². The summed E-state index contributed by atoms with van der Waals surface area (Å²) in [6.45, 7) is 4.04. The predicted octanol–water partition coefficient (Wildman–Crippen LogP) is 2.06. The molecule has 3 nitrogen and oxygen atoms in total. The Balaban J connectivity index is 1.65. The van der Waals surface area contributed by atoms with Crippen molar-refractivity contribution in [3.63, 3.8) is 0 Å². The number of carbonyl (C=O) groups is 1. The number of β-amino-alcohol motifs (C(OH)–C–C–N with tert-alkyl or cyclic N) is 1. The summed E-state index contributed by atoms with van der Waals surface area (Å²) < 4.78 is 0. The highest BCUT2D eigenvalue weighted by Crippen LogP contribution is 2.23. The molecule has 3 rings (SSSR count). The van der Waals surface area contributed by atoms with E-state index in [-0.39, 0.29) is 11.9 Å². The average Bonchev–Trinajstić information content (AvgIpc) is 2.90. The van der Waals surface area contributed by atoms with Crippen LogP contribution >= 0.6 is 0 Å². The first-order valence-electron chi connectivity index (χ1n) is 7.69. The molecule has 3 heteroatoms. The molecule has 1 aromatic rings. The Bertz CT molecular complexity index is 512. The minimum atomic E-state index is -0.295. The molecule has 2 atom stereocenters. The Morgan fingerprint density at radius 2 is 2.15 bits per heavy atom. The minimum absolute atomic E-state index is 0.182. The highest BCUT2D eigenvalue weighted by Gasteiger charge is 2.25. The van der Waals surface area contributed by atoms with Gasteiger partial charge >= 0.3 is 0 Å². The largest absolute Gasteiger partial charge is 0.392 e. The molecule has 0 amide bonds. The first-order chi connectivity index (χ1) is 9.63. The summed E-state index contributed by atoms with van der Waals surface area (Å²) in [7, 11) is 0. The second-order valence-corrected chi connectivity index (χ2v) is 6.33. The van der Waals surface area contributed by atoms with Gasteiger partial charge in [-0.15, -0.1) is 0 Å². The van der Waals surface area contributed by atoms with Crippen molar-refractivity contribution in [2.24, 2.45) is 5.92 Å². The van der Waals surface area contributed by atoms with Crippen LogP contribution in [-0.2, 0) is 12.8 Å². The van der Waals surface area contributed by atoms with Gasteiger partial charge in [-0.05, 0) is 55.3 Å². The average molecular weight is 273 g/mol. The summed E-state index contributed by atoms with van der Waals surface area (Å²) in [5, 5.41) is 9.91. The molecule has 1 saturated heterocycles. The summed E-state index contributed by atoms with van der Waals surface area (Å²) in [6.07, 6.45) is 4.15. The maximum absolute atomic E-state index is 12.4. The third kappa shape index (κ3) is 2.79. The van der Waals surface area contributed by atoms with Gasteiger partial charge in [-0.1, -0.05) is 19.1 Å². The fourth-order valence-corrected chi connectivity index (χ4v) is 3.30.